The number of hydrogen-bond donors (Lipinski definition) is 1. The van der Waals surface area contributed by atoms with Gasteiger partial charge in [-0.25, -0.2) is 4.79 Å². The van der Waals surface area contributed by atoms with E-state index in [-0.39, 0.29) is 0 Å². The van der Waals surface area contributed by atoms with Gasteiger partial charge in [-0.05, 0) is 46.9 Å². The van der Waals surface area contributed by atoms with E-state index in [0.29, 0.717) is 5.75 Å². The fourth-order valence-electron chi connectivity index (χ4n) is 1.26. The summed E-state index contributed by atoms with van der Waals surface area (Å²) < 4.78 is 6.36. The summed E-state index contributed by atoms with van der Waals surface area (Å²) in [6.07, 6.45) is 2.46. The molecule has 0 saturated heterocycles. The molecule has 0 saturated carbocycles. The number of fused-ring (bicyclic) bond motifs is 1. The van der Waals surface area contributed by atoms with Crippen molar-refractivity contribution >= 4 is 34.6 Å². The molecule has 0 amide bonds. The minimum absolute atomic E-state index is 0.625. The van der Waals surface area contributed by atoms with Gasteiger partial charge in [-0.3, -0.25) is 0 Å². The number of hydrogen-bond acceptors (Lipinski definition) is 2. The first-order valence-corrected chi connectivity index (χ1v) is 5.12. The van der Waals surface area contributed by atoms with E-state index in [1.54, 1.807) is 18.2 Å². The lowest BCUT2D eigenvalue weighted by Crippen LogP contribution is -2.26. The molecule has 0 spiro atoms. The third-order valence-electron chi connectivity index (χ3n) is 1.92. The lowest BCUT2D eigenvalue weighted by atomic mass is 10.1. The molecule has 1 N–H and O–H groups in total. The molecule has 1 aliphatic heterocycles. The summed E-state index contributed by atoms with van der Waals surface area (Å²) in [6, 6.07) is 5.62. The number of carboxylic acid groups (broad SMARTS) is 1. The molecule has 2 rings (SSSR count). The fourth-order valence-corrected chi connectivity index (χ4v) is 1.77. The summed E-state index contributed by atoms with van der Waals surface area (Å²) in [5.74, 6) is -0.342. The number of carbonyl (C=O) groups is 1. The van der Waals surface area contributed by atoms with Crippen molar-refractivity contribution in [2.45, 2.75) is 6.10 Å². The maximum absolute atomic E-state index is 10.7. The normalized spacial score (nSPS) is 18.5. The van der Waals surface area contributed by atoms with E-state index >= 15 is 0 Å². The summed E-state index contributed by atoms with van der Waals surface area (Å²) in [6.45, 7) is 0. The Bertz CT molecular complexity index is 412. The summed E-state index contributed by atoms with van der Waals surface area (Å²) >= 11 is 2.20. The van der Waals surface area contributed by atoms with Crippen LogP contribution in [0.15, 0.2) is 24.3 Å². The van der Waals surface area contributed by atoms with Gasteiger partial charge in [-0.1, -0.05) is 6.08 Å². The molecule has 1 atom stereocenters. The molecule has 0 aromatic heterocycles. The predicted octanol–water partition coefficient (Wildman–Crippen LogP) is 2.15. The molecule has 0 radical (unpaired) electrons. The van der Waals surface area contributed by atoms with Crippen LogP contribution in [0.5, 0.6) is 5.75 Å². The van der Waals surface area contributed by atoms with Crippen molar-refractivity contribution in [1.82, 2.24) is 0 Å². The largest absolute Gasteiger partial charge is 0.478 e. The van der Waals surface area contributed by atoms with Gasteiger partial charge < -0.3 is 9.84 Å². The maximum Gasteiger partial charge on any atom is 0.349 e. The van der Waals surface area contributed by atoms with Crippen molar-refractivity contribution in [3.05, 3.63) is 33.4 Å². The lowest BCUT2D eigenvalue weighted by Gasteiger charge is -2.18. The monoisotopic (exact) mass is 302 g/mol. The van der Waals surface area contributed by atoms with E-state index in [0.717, 1.165) is 9.13 Å². The van der Waals surface area contributed by atoms with E-state index in [2.05, 4.69) is 22.6 Å². The Kier molecular flexibility index (Phi) is 2.45. The van der Waals surface area contributed by atoms with Gasteiger partial charge >= 0.3 is 5.97 Å². The zero-order valence-electron chi connectivity index (χ0n) is 7.11. The molecule has 1 aliphatic rings. The van der Waals surface area contributed by atoms with Crippen LogP contribution in [0.2, 0.25) is 0 Å². The van der Waals surface area contributed by atoms with Crippen molar-refractivity contribution in [1.29, 1.82) is 0 Å². The Hall–Kier alpha value is -1.04. The van der Waals surface area contributed by atoms with Gasteiger partial charge in [0.05, 0.1) is 0 Å². The van der Waals surface area contributed by atoms with Crippen LogP contribution in [0.3, 0.4) is 0 Å². The van der Waals surface area contributed by atoms with Crippen molar-refractivity contribution < 1.29 is 14.6 Å². The Morgan fingerprint density at radius 2 is 2.29 bits per heavy atom. The summed E-state index contributed by atoms with van der Waals surface area (Å²) in [4.78, 5) is 10.7. The number of aliphatic carboxylic acids is 1. The molecule has 0 bridgehead atoms. The van der Waals surface area contributed by atoms with Crippen LogP contribution < -0.4 is 4.74 Å². The second kappa shape index (κ2) is 3.61. The van der Waals surface area contributed by atoms with Crippen LogP contribution in [0.1, 0.15) is 5.56 Å². The first-order chi connectivity index (χ1) is 6.66. The number of benzene rings is 1. The second-order valence-electron chi connectivity index (χ2n) is 2.92. The van der Waals surface area contributed by atoms with E-state index in [1.807, 2.05) is 12.1 Å². The first-order valence-electron chi connectivity index (χ1n) is 4.04. The number of ether oxygens (including phenoxy) is 1. The Balaban J connectivity index is 2.36. The van der Waals surface area contributed by atoms with E-state index < -0.39 is 12.1 Å². The highest BCUT2D eigenvalue weighted by molar-refractivity contribution is 14.1. The van der Waals surface area contributed by atoms with Crippen LogP contribution >= 0.6 is 22.6 Å². The van der Waals surface area contributed by atoms with Gasteiger partial charge in [0.25, 0.3) is 0 Å². The maximum atomic E-state index is 10.7. The van der Waals surface area contributed by atoms with Crippen LogP contribution in [-0.2, 0) is 4.79 Å². The molecular weight excluding hydrogens is 295 g/mol. The minimum Gasteiger partial charge on any atom is -0.478 e. The van der Waals surface area contributed by atoms with Gasteiger partial charge in [0, 0.05) is 9.13 Å². The summed E-state index contributed by atoms with van der Waals surface area (Å²) in [7, 11) is 0. The van der Waals surface area contributed by atoms with Gasteiger partial charge in [-0.15, -0.1) is 0 Å². The average molecular weight is 302 g/mol. The SMILES string of the molecule is O=C(O)C1C=Cc2cc(I)ccc2O1. The number of carboxylic acids is 1. The van der Waals surface area contributed by atoms with Crippen molar-refractivity contribution in [3.8, 4) is 5.75 Å². The zero-order valence-corrected chi connectivity index (χ0v) is 9.26. The van der Waals surface area contributed by atoms with Crippen molar-refractivity contribution in [2.24, 2.45) is 0 Å². The number of halogens is 1. The lowest BCUT2D eigenvalue weighted by molar-refractivity contribution is -0.142. The van der Waals surface area contributed by atoms with Gasteiger partial charge in [0.2, 0.25) is 6.10 Å². The zero-order chi connectivity index (χ0) is 10.1. The molecule has 0 aliphatic carbocycles. The number of rotatable bonds is 1. The Morgan fingerprint density at radius 1 is 1.50 bits per heavy atom. The molecule has 4 heteroatoms. The van der Waals surface area contributed by atoms with Gasteiger partial charge in [0.15, 0.2) is 0 Å². The second-order valence-corrected chi connectivity index (χ2v) is 4.16. The van der Waals surface area contributed by atoms with Crippen molar-refractivity contribution in [2.75, 3.05) is 0 Å². The molecule has 14 heavy (non-hydrogen) atoms. The van der Waals surface area contributed by atoms with Crippen LogP contribution in [0.25, 0.3) is 6.08 Å². The summed E-state index contributed by atoms with van der Waals surface area (Å²) in [5, 5.41) is 8.74. The molecule has 1 aromatic rings. The van der Waals surface area contributed by atoms with Crippen molar-refractivity contribution in [3.63, 3.8) is 0 Å². The fraction of sp³-hybridized carbons (Fsp3) is 0.100. The molecule has 3 nitrogen and oxygen atoms in total. The van der Waals surface area contributed by atoms with Gasteiger partial charge in [-0.2, -0.15) is 0 Å². The minimum atomic E-state index is -0.967. The highest BCUT2D eigenvalue weighted by Crippen LogP contribution is 2.27. The molecular formula is C10H7IO3. The van der Waals surface area contributed by atoms with E-state index in [4.69, 9.17) is 9.84 Å². The third kappa shape index (κ3) is 1.75. The highest BCUT2D eigenvalue weighted by atomic mass is 127. The molecule has 72 valence electrons. The van der Waals surface area contributed by atoms with Gasteiger partial charge in [0.1, 0.15) is 5.75 Å². The standard InChI is InChI=1S/C10H7IO3/c11-7-2-4-8-6(5-7)1-3-9(14-8)10(12)13/h1-5,9H,(H,12,13). The molecule has 1 aromatic carbocycles. The van der Waals surface area contributed by atoms with E-state index in [9.17, 15) is 4.79 Å². The predicted molar refractivity (Wildman–Crippen MR) is 60.2 cm³/mol. The van der Waals surface area contributed by atoms with E-state index in [1.165, 1.54) is 0 Å². The smallest absolute Gasteiger partial charge is 0.349 e. The topological polar surface area (TPSA) is 46.5 Å². The molecule has 1 heterocycles. The Morgan fingerprint density at radius 3 is 3.00 bits per heavy atom. The molecule has 0 fully saturated rings. The third-order valence-corrected chi connectivity index (χ3v) is 2.59. The van der Waals surface area contributed by atoms with Crippen LogP contribution in [-0.4, -0.2) is 17.2 Å². The summed E-state index contributed by atoms with van der Waals surface area (Å²) in [5.41, 5.74) is 0.925. The first kappa shape index (κ1) is 9.51. The van der Waals surface area contributed by atoms with Crippen LogP contribution in [0, 0.1) is 3.57 Å². The Labute approximate surface area is 94.5 Å². The quantitative estimate of drug-likeness (QED) is 0.809. The van der Waals surface area contributed by atoms with Crippen LogP contribution in [0.4, 0.5) is 0 Å². The average Bonchev–Trinajstić information content (AvgIpc) is 2.16. The highest BCUT2D eigenvalue weighted by Gasteiger charge is 2.20. The molecule has 1 unspecified atom stereocenters.